The first-order valence-corrected chi connectivity index (χ1v) is 8.31. The van der Waals surface area contributed by atoms with E-state index in [1.54, 1.807) is 0 Å². The van der Waals surface area contributed by atoms with Crippen LogP contribution in [0.5, 0.6) is 0 Å². The molecule has 0 aromatic carbocycles. The first kappa shape index (κ1) is 14.9. The molecule has 0 bridgehead atoms. The van der Waals surface area contributed by atoms with Crippen molar-refractivity contribution in [1.82, 2.24) is 14.9 Å². The number of hydrogen-bond acceptors (Lipinski definition) is 4. The Kier molecular flexibility index (Phi) is 4.27. The molecule has 1 saturated carbocycles. The number of β-amino-alcohol motifs (C(OH)–C–C–N with tert-alkyl or cyclic N) is 1. The summed E-state index contributed by atoms with van der Waals surface area (Å²) in [6.45, 7) is 6.95. The lowest BCUT2D eigenvalue weighted by atomic mass is 9.84. The summed E-state index contributed by atoms with van der Waals surface area (Å²) in [6, 6.07) is 2.03. The first-order chi connectivity index (χ1) is 10.0. The Morgan fingerprint density at radius 3 is 2.52 bits per heavy atom. The Labute approximate surface area is 127 Å². The fraction of sp³-hybridized carbons (Fsp3) is 0.765. The number of likely N-dealkylation sites (tertiary alicyclic amines) is 1. The van der Waals surface area contributed by atoms with Crippen LogP contribution in [0.4, 0.5) is 0 Å². The van der Waals surface area contributed by atoms with Crippen LogP contribution >= 0.6 is 0 Å². The van der Waals surface area contributed by atoms with Crippen LogP contribution in [-0.2, 0) is 0 Å². The minimum Gasteiger partial charge on any atom is -0.389 e. The minimum atomic E-state index is -0.448. The van der Waals surface area contributed by atoms with Gasteiger partial charge in [0, 0.05) is 30.4 Å². The maximum absolute atomic E-state index is 10.7. The van der Waals surface area contributed by atoms with Crippen LogP contribution in [0.3, 0.4) is 0 Å². The number of aryl methyl sites for hydroxylation is 2. The Morgan fingerprint density at radius 1 is 1.19 bits per heavy atom. The Balaban J connectivity index is 1.62. The Morgan fingerprint density at radius 2 is 1.86 bits per heavy atom. The summed E-state index contributed by atoms with van der Waals surface area (Å²) in [5, 5.41) is 10.7. The average molecular weight is 289 g/mol. The van der Waals surface area contributed by atoms with Crippen LogP contribution in [0.25, 0.3) is 0 Å². The van der Waals surface area contributed by atoms with Crippen LogP contribution in [0.1, 0.15) is 61.7 Å². The molecule has 2 aliphatic rings. The zero-order valence-electron chi connectivity index (χ0n) is 13.3. The molecule has 0 spiro atoms. The Bertz CT molecular complexity index is 477. The largest absolute Gasteiger partial charge is 0.389 e. The number of aromatic nitrogens is 2. The van der Waals surface area contributed by atoms with Gasteiger partial charge in [-0.2, -0.15) is 0 Å². The lowest BCUT2D eigenvalue weighted by molar-refractivity contribution is -0.0216. The van der Waals surface area contributed by atoms with Crippen molar-refractivity contribution in [2.24, 2.45) is 0 Å². The molecule has 1 aromatic heterocycles. The molecule has 0 radical (unpaired) electrons. The third kappa shape index (κ3) is 3.61. The van der Waals surface area contributed by atoms with E-state index in [9.17, 15) is 5.11 Å². The molecular formula is C17H27N3O. The fourth-order valence-corrected chi connectivity index (χ4v) is 3.91. The molecule has 4 nitrogen and oxygen atoms in total. The van der Waals surface area contributed by atoms with Crippen LogP contribution in [0.15, 0.2) is 6.07 Å². The van der Waals surface area contributed by atoms with Crippen molar-refractivity contribution in [2.45, 2.75) is 63.9 Å². The van der Waals surface area contributed by atoms with E-state index in [4.69, 9.17) is 0 Å². The molecule has 1 saturated heterocycles. The molecule has 21 heavy (non-hydrogen) atoms. The van der Waals surface area contributed by atoms with E-state index < -0.39 is 5.60 Å². The Hall–Kier alpha value is -1.00. The number of nitrogens with zero attached hydrogens (tertiary/aromatic N) is 3. The summed E-state index contributed by atoms with van der Waals surface area (Å²) in [6.07, 6.45) is 6.67. The van der Waals surface area contributed by atoms with Crippen molar-refractivity contribution >= 4 is 0 Å². The molecule has 1 atom stereocenters. The normalized spacial score (nSPS) is 26.1. The third-order valence-electron chi connectivity index (χ3n) is 4.94. The van der Waals surface area contributed by atoms with Crippen molar-refractivity contribution < 1.29 is 5.11 Å². The fourth-order valence-electron chi connectivity index (χ4n) is 3.91. The van der Waals surface area contributed by atoms with Gasteiger partial charge >= 0.3 is 0 Å². The molecule has 1 aromatic rings. The molecule has 4 heteroatoms. The molecule has 2 heterocycles. The highest BCUT2D eigenvalue weighted by atomic mass is 16.3. The van der Waals surface area contributed by atoms with E-state index >= 15 is 0 Å². The summed E-state index contributed by atoms with van der Waals surface area (Å²) in [5.74, 6) is 1.42. The maximum atomic E-state index is 10.7. The maximum Gasteiger partial charge on any atom is 0.133 e. The van der Waals surface area contributed by atoms with Gasteiger partial charge in [-0.1, -0.05) is 19.3 Å². The van der Waals surface area contributed by atoms with Gasteiger partial charge in [0.05, 0.1) is 5.60 Å². The lowest BCUT2D eigenvalue weighted by Crippen LogP contribution is -2.43. The standard InChI is InChI=1S/C17H27N3O/c1-13-10-14(2)19-16(18-13)15-6-9-20(11-15)12-17(21)7-4-3-5-8-17/h10,15,21H,3-9,11-12H2,1-2H3. The molecule has 0 amide bonds. The van der Waals surface area contributed by atoms with Gasteiger partial charge in [0.25, 0.3) is 0 Å². The second kappa shape index (κ2) is 6.01. The van der Waals surface area contributed by atoms with Gasteiger partial charge in [0.2, 0.25) is 0 Å². The lowest BCUT2D eigenvalue weighted by Gasteiger charge is -2.35. The zero-order valence-corrected chi connectivity index (χ0v) is 13.3. The third-order valence-corrected chi connectivity index (χ3v) is 4.94. The second-order valence-corrected chi connectivity index (χ2v) is 7.01. The van der Waals surface area contributed by atoms with E-state index in [0.29, 0.717) is 5.92 Å². The first-order valence-electron chi connectivity index (χ1n) is 8.31. The van der Waals surface area contributed by atoms with Crippen molar-refractivity contribution in [3.63, 3.8) is 0 Å². The second-order valence-electron chi connectivity index (χ2n) is 7.01. The summed E-state index contributed by atoms with van der Waals surface area (Å²) in [7, 11) is 0. The van der Waals surface area contributed by atoms with Crippen LogP contribution in [0.2, 0.25) is 0 Å². The van der Waals surface area contributed by atoms with E-state index in [-0.39, 0.29) is 0 Å². The molecule has 1 unspecified atom stereocenters. The predicted octanol–water partition coefficient (Wildman–Crippen LogP) is 2.58. The summed E-state index contributed by atoms with van der Waals surface area (Å²) in [5.41, 5.74) is 1.67. The molecule has 1 N–H and O–H groups in total. The summed E-state index contributed by atoms with van der Waals surface area (Å²) < 4.78 is 0. The highest BCUT2D eigenvalue weighted by molar-refractivity contribution is 5.12. The summed E-state index contributed by atoms with van der Waals surface area (Å²) in [4.78, 5) is 11.6. The zero-order chi connectivity index (χ0) is 14.9. The highest BCUT2D eigenvalue weighted by Crippen LogP contribution is 2.32. The summed E-state index contributed by atoms with van der Waals surface area (Å²) >= 11 is 0. The average Bonchev–Trinajstić information content (AvgIpc) is 2.86. The SMILES string of the molecule is Cc1cc(C)nc(C2CCN(CC3(O)CCCCC3)C2)n1. The monoisotopic (exact) mass is 289 g/mol. The molecule has 116 valence electrons. The van der Waals surface area contributed by atoms with Gasteiger partial charge in [-0.05, 0) is 45.7 Å². The van der Waals surface area contributed by atoms with Gasteiger partial charge in [0.1, 0.15) is 5.82 Å². The topological polar surface area (TPSA) is 49.2 Å². The predicted molar refractivity (Wildman–Crippen MR) is 83.3 cm³/mol. The van der Waals surface area contributed by atoms with Crippen molar-refractivity contribution in [3.05, 3.63) is 23.3 Å². The van der Waals surface area contributed by atoms with Gasteiger partial charge < -0.3 is 5.11 Å². The smallest absolute Gasteiger partial charge is 0.133 e. The molecule has 1 aliphatic heterocycles. The minimum absolute atomic E-state index is 0.427. The van der Waals surface area contributed by atoms with Crippen LogP contribution < -0.4 is 0 Å². The van der Waals surface area contributed by atoms with Gasteiger partial charge in [0.15, 0.2) is 0 Å². The van der Waals surface area contributed by atoms with E-state index in [1.165, 1.54) is 19.3 Å². The van der Waals surface area contributed by atoms with Crippen molar-refractivity contribution in [1.29, 1.82) is 0 Å². The van der Waals surface area contributed by atoms with Crippen LogP contribution in [-0.4, -0.2) is 45.2 Å². The van der Waals surface area contributed by atoms with E-state index in [2.05, 4.69) is 14.9 Å². The molecule has 2 fully saturated rings. The number of aliphatic hydroxyl groups is 1. The van der Waals surface area contributed by atoms with Gasteiger partial charge in [-0.15, -0.1) is 0 Å². The number of rotatable bonds is 3. The quantitative estimate of drug-likeness (QED) is 0.929. The van der Waals surface area contributed by atoms with Crippen molar-refractivity contribution in [2.75, 3.05) is 19.6 Å². The number of hydrogen-bond donors (Lipinski definition) is 1. The highest BCUT2D eigenvalue weighted by Gasteiger charge is 2.35. The molecular weight excluding hydrogens is 262 g/mol. The van der Waals surface area contributed by atoms with Gasteiger partial charge in [-0.3, -0.25) is 4.90 Å². The molecule has 3 rings (SSSR count). The van der Waals surface area contributed by atoms with E-state index in [0.717, 1.165) is 56.1 Å². The van der Waals surface area contributed by atoms with Crippen LogP contribution in [0, 0.1) is 13.8 Å². The van der Waals surface area contributed by atoms with E-state index in [1.807, 2.05) is 19.9 Å². The van der Waals surface area contributed by atoms with Crippen molar-refractivity contribution in [3.8, 4) is 0 Å². The molecule has 1 aliphatic carbocycles. The van der Waals surface area contributed by atoms with Gasteiger partial charge in [-0.25, -0.2) is 9.97 Å².